The number of nitrogens with two attached hydrogens (primary N) is 3. The van der Waals surface area contributed by atoms with Gasteiger partial charge in [-0.2, -0.15) is 25.3 Å². The topological polar surface area (TPSA) is 155 Å². The number of amides is 2. The van der Waals surface area contributed by atoms with Gasteiger partial charge in [0.25, 0.3) is 0 Å². The van der Waals surface area contributed by atoms with Crippen molar-refractivity contribution in [3.63, 3.8) is 0 Å². The highest BCUT2D eigenvalue weighted by Gasteiger charge is 2.14. The first-order valence-corrected chi connectivity index (χ1v) is 13.6. The van der Waals surface area contributed by atoms with E-state index in [9.17, 15) is 9.59 Å². The lowest BCUT2D eigenvalue weighted by Gasteiger charge is -2.17. The third kappa shape index (κ3) is 13.3. The molecule has 9 nitrogen and oxygen atoms in total. The summed E-state index contributed by atoms with van der Waals surface area (Å²) in [6.07, 6.45) is 5.46. The molecule has 1 rings (SSSR count). The van der Waals surface area contributed by atoms with Gasteiger partial charge in [-0.1, -0.05) is 12.8 Å². The van der Waals surface area contributed by atoms with Crippen molar-refractivity contribution in [1.82, 2.24) is 10.6 Å². The molecule has 0 saturated carbocycles. The maximum absolute atomic E-state index is 12.1. The Labute approximate surface area is 220 Å². The zero-order valence-corrected chi connectivity index (χ0v) is 22.4. The lowest BCUT2D eigenvalue weighted by molar-refractivity contribution is -0.123. The van der Waals surface area contributed by atoms with E-state index in [0.29, 0.717) is 68.6 Å². The Morgan fingerprint density at radius 3 is 1.91 bits per heavy atom. The van der Waals surface area contributed by atoms with Gasteiger partial charge in [0.05, 0.1) is 19.1 Å². The molecule has 35 heavy (non-hydrogen) atoms. The van der Waals surface area contributed by atoms with Crippen LogP contribution in [0.4, 0.5) is 0 Å². The Kier molecular flexibility index (Phi) is 17.5. The Morgan fingerprint density at radius 1 is 0.829 bits per heavy atom. The Hall–Kier alpha value is -1.66. The number of benzene rings is 1. The third-order valence-corrected chi connectivity index (χ3v) is 6.04. The Bertz CT molecular complexity index is 755. The molecule has 0 saturated heterocycles. The molecule has 0 aliphatic carbocycles. The zero-order chi connectivity index (χ0) is 25.9. The molecule has 0 aromatic heterocycles. The van der Waals surface area contributed by atoms with Crippen molar-refractivity contribution in [2.45, 2.75) is 62.5 Å². The van der Waals surface area contributed by atoms with Crippen molar-refractivity contribution in [2.24, 2.45) is 17.2 Å². The van der Waals surface area contributed by atoms with Crippen molar-refractivity contribution < 1.29 is 19.1 Å². The van der Waals surface area contributed by atoms with Crippen LogP contribution in [-0.2, 0) is 21.1 Å². The molecule has 0 spiro atoms. The van der Waals surface area contributed by atoms with Crippen LogP contribution in [-0.4, -0.2) is 57.2 Å². The van der Waals surface area contributed by atoms with Crippen molar-refractivity contribution in [3.8, 4) is 11.5 Å². The van der Waals surface area contributed by atoms with Crippen molar-refractivity contribution >= 4 is 37.1 Å². The van der Waals surface area contributed by atoms with Crippen LogP contribution < -0.4 is 37.3 Å². The summed E-state index contributed by atoms with van der Waals surface area (Å²) in [7, 11) is 0. The number of thiol groups is 2. The average molecular weight is 530 g/mol. The van der Waals surface area contributed by atoms with Gasteiger partial charge in [0, 0.05) is 17.9 Å². The van der Waals surface area contributed by atoms with E-state index in [0.717, 1.165) is 43.2 Å². The minimum Gasteiger partial charge on any atom is -0.488 e. The Morgan fingerprint density at radius 2 is 1.37 bits per heavy atom. The molecule has 0 aliphatic rings. The molecule has 0 fully saturated rings. The number of ether oxygens (including phenoxy) is 2. The van der Waals surface area contributed by atoms with Crippen LogP contribution in [0.1, 0.15) is 56.1 Å². The van der Waals surface area contributed by atoms with Gasteiger partial charge in [-0.05, 0) is 62.0 Å². The summed E-state index contributed by atoms with van der Waals surface area (Å²) in [4.78, 5) is 24.1. The fraction of sp³-hybridized carbons (Fsp3) is 0.667. The zero-order valence-electron chi connectivity index (χ0n) is 20.6. The predicted molar refractivity (Wildman–Crippen MR) is 147 cm³/mol. The highest BCUT2D eigenvalue weighted by atomic mass is 32.1. The number of hydrogen-bond donors (Lipinski definition) is 7. The molecular formula is C24H43N5O4S2. The highest BCUT2D eigenvalue weighted by molar-refractivity contribution is 7.79. The molecule has 0 unspecified atom stereocenters. The summed E-state index contributed by atoms with van der Waals surface area (Å²) >= 11 is 8.79. The smallest absolute Gasteiger partial charge is 0.237 e. The molecule has 200 valence electrons. The summed E-state index contributed by atoms with van der Waals surface area (Å²) in [5.41, 5.74) is 18.8. The van der Waals surface area contributed by atoms with E-state index >= 15 is 0 Å². The monoisotopic (exact) mass is 529 g/mol. The largest absolute Gasteiger partial charge is 0.488 e. The van der Waals surface area contributed by atoms with E-state index in [1.165, 1.54) is 0 Å². The molecule has 11 heteroatoms. The second kappa shape index (κ2) is 19.5. The lowest BCUT2D eigenvalue weighted by atomic mass is 10.1. The van der Waals surface area contributed by atoms with Crippen LogP contribution in [0.15, 0.2) is 12.1 Å². The van der Waals surface area contributed by atoms with E-state index in [2.05, 4.69) is 35.9 Å². The SMILES string of the molecule is NCCCCCC(=O)NCCOc1cc(CS)c(CS)cc1OCCNC(=O)[C@@H](N)CCCCN. The molecule has 1 aromatic rings. The van der Waals surface area contributed by atoms with Crippen LogP contribution >= 0.6 is 25.3 Å². The van der Waals surface area contributed by atoms with E-state index < -0.39 is 6.04 Å². The quantitative estimate of drug-likeness (QED) is 0.0997. The number of rotatable bonds is 20. The first-order valence-electron chi connectivity index (χ1n) is 12.3. The van der Waals surface area contributed by atoms with Gasteiger partial charge >= 0.3 is 0 Å². The average Bonchev–Trinajstić information content (AvgIpc) is 2.86. The van der Waals surface area contributed by atoms with E-state index in [-0.39, 0.29) is 18.4 Å². The minimum atomic E-state index is -0.554. The van der Waals surface area contributed by atoms with Gasteiger partial charge in [-0.15, -0.1) is 0 Å². The van der Waals surface area contributed by atoms with Crippen LogP contribution in [0.2, 0.25) is 0 Å². The van der Waals surface area contributed by atoms with Crippen molar-refractivity contribution in [2.75, 3.05) is 39.4 Å². The molecular weight excluding hydrogens is 486 g/mol. The third-order valence-electron chi connectivity index (χ3n) is 5.36. The number of carbonyl (C=O) groups is 2. The standard InChI is InChI=1S/C24H43N5O4S2/c25-8-4-1-2-7-23(30)28-10-12-32-21-14-18(16-34)19(17-35)15-22(21)33-13-11-29-24(31)20(27)6-3-5-9-26/h14-15,20,34-35H,1-13,16-17,25-27H2,(H,28,30)(H,29,31)/t20-/m0/s1. The van der Waals surface area contributed by atoms with Crippen molar-refractivity contribution in [1.29, 1.82) is 0 Å². The molecule has 0 radical (unpaired) electrons. The summed E-state index contributed by atoms with van der Waals surface area (Å²) in [5.74, 6) is 1.96. The first-order chi connectivity index (χ1) is 17.0. The number of unbranched alkanes of at least 4 members (excludes halogenated alkanes) is 3. The maximum Gasteiger partial charge on any atom is 0.237 e. The number of carbonyl (C=O) groups excluding carboxylic acids is 2. The molecule has 0 bridgehead atoms. The fourth-order valence-electron chi connectivity index (χ4n) is 3.32. The summed E-state index contributed by atoms with van der Waals surface area (Å²) in [6, 6.07) is 3.21. The van der Waals surface area contributed by atoms with Gasteiger partial charge in [0.1, 0.15) is 13.2 Å². The summed E-state index contributed by atoms with van der Waals surface area (Å²) in [5, 5.41) is 5.66. The summed E-state index contributed by atoms with van der Waals surface area (Å²) < 4.78 is 11.8. The van der Waals surface area contributed by atoms with Crippen molar-refractivity contribution in [3.05, 3.63) is 23.3 Å². The second-order valence-electron chi connectivity index (χ2n) is 8.21. The van der Waals surface area contributed by atoms with Crippen LogP contribution in [0.3, 0.4) is 0 Å². The molecule has 8 N–H and O–H groups in total. The highest BCUT2D eigenvalue weighted by Crippen LogP contribution is 2.32. The van der Waals surface area contributed by atoms with Gasteiger partial charge < -0.3 is 37.3 Å². The molecule has 0 aliphatic heterocycles. The Balaban J connectivity index is 2.56. The van der Waals surface area contributed by atoms with Gasteiger partial charge in [0.2, 0.25) is 11.8 Å². The van der Waals surface area contributed by atoms with Crippen LogP contribution in [0.5, 0.6) is 11.5 Å². The first kappa shape index (κ1) is 31.4. The lowest BCUT2D eigenvalue weighted by Crippen LogP contribution is -2.42. The number of nitrogens with one attached hydrogen (secondary N) is 2. The van der Waals surface area contributed by atoms with E-state index in [1.54, 1.807) is 0 Å². The van der Waals surface area contributed by atoms with Gasteiger partial charge in [-0.25, -0.2) is 0 Å². The molecule has 1 atom stereocenters. The maximum atomic E-state index is 12.1. The van der Waals surface area contributed by atoms with Gasteiger partial charge in [0.15, 0.2) is 11.5 Å². The van der Waals surface area contributed by atoms with Gasteiger partial charge in [-0.3, -0.25) is 9.59 Å². The minimum absolute atomic E-state index is 0.000501. The fourth-order valence-corrected chi connectivity index (χ4v) is 3.91. The van der Waals surface area contributed by atoms with E-state index in [1.807, 2.05) is 12.1 Å². The predicted octanol–water partition coefficient (Wildman–Crippen LogP) is 1.51. The van der Waals surface area contributed by atoms with E-state index in [4.69, 9.17) is 26.7 Å². The molecule has 1 aromatic carbocycles. The van der Waals surface area contributed by atoms with Crippen LogP contribution in [0, 0.1) is 0 Å². The number of hydrogen-bond acceptors (Lipinski definition) is 9. The normalized spacial score (nSPS) is 11.7. The molecule has 2 amide bonds. The summed E-state index contributed by atoms with van der Waals surface area (Å²) in [6.45, 7) is 2.49. The molecule has 0 heterocycles. The second-order valence-corrected chi connectivity index (χ2v) is 8.84. The van der Waals surface area contributed by atoms with Crippen LogP contribution in [0.25, 0.3) is 0 Å².